The van der Waals surface area contributed by atoms with Crippen molar-refractivity contribution in [1.82, 2.24) is 9.97 Å². The van der Waals surface area contributed by atoms with E-state index in [0.29, 0.717) is 17.2 Å². The molecule has 0 saturated carbocycles. The lowest BCUT2D eigenvalue weighted by atomic mass is 10.2. The maximum absolute atomic E-state index is 13.1. The van der Waals surface area contributed by atoms with E-state index in [1.54, 1.807) is 18.2 Å². The second-order valence-electron chi connectivity index (χ2n) is 6.19. The Morgan fingerprint density at radius 1 is 1.03 bits per heavy atom. The molecule has 0 radical (unpaired) electrons. The highest BCUT2D eigenvalue weighted by Crippen LogP contribution is 2.39. The Bertz CT molecular complexity index is 1160. The number of rotatable bonds is 7. The van der Waals surface area contributed by atoms with E-state index in [4.69, 9.17) is 21.1 Å². The predicted molar refractivity (Wildman–Crippen MR) is 111 cm³/mol. The van der Waals surface area contributed by atoms with Crippen LogP contribution in [0.4, 0.5) is 41.9 Å². The predicted octanol–water partition coefficient (Wildman–Crippen LogP) is 5.56. The standard InChI is InChI=1S/C19H15ClF3N5O4/c1-31-11-4-6-14(15(8-11)32-2)27-18-16(28(29)30)17(24-9-25-18)26-10-3-5-13(20)12(7-10)19(21,22)23/h3-9H,1-2H3,(H2,24,25,26,27). The van der Waals surface area contributed by atoms with Gasteiger partial charge >= 0.3 is 11.9 Å². The average molecular weight is 470 g/mol. The SMILES string of the molecule is COc1ccc(Nc2ncnc(Nc3ccc(Cl)c(C(F)(F)F)c3)c2[N+](=O)[O-])c(OC)c1. The summed E-state index contributed by atoms with van der Waals surface area (Å²) in [5.74, 6) is 0.283. The third-order valence-corrected chi connectivity index (χ3v) is 4.53. The summed E-state index contributed by atoms with van der Waals surface area (Å²) in [6.45, 7) is 0. The van der Waals surface area contributed by atoms with Crippen molar-refractivity contribution < 1.29 is 27.6 Å². The van der Waals surface area contributed by atoms with Gasteiger partial charge in [0.25, 0.3) is 0 Å². The molecule has 2 aromatic carbocycles. The number of methoxy groups -OCH3 is 2. The number of nitrogens with zero attached hydrogens (tertiary/aromatic N) is 3. The van der Waals surface area contributed by atoms with Crippen molar-refractivity contribution in [3.8, 4) is 11.5 Å². The van der Waals surface area contributed by atoms with Gasteiger partial charge in [-0.15, -0.1) is 0 Å². The van der Waals surface area contributed by atoms with Crippen LogP contribution in [0.1, 0.15) is 5.56 Å². The molecule has 9 nitrogen and oxygen atoms in total. The van der Waals surface area contributed by atoms with Gasteiger partial charge in [0, 0.05) is 11.8 Å². The number of anilines is 4. The summed E-state index contributed by atoms with van der Waals surface area (Å²) in [7, 11) is 2.87. The quantitative estimate of drug-likeness (QED) is 0.341. The lowest BCUT2D eigenvalue weighted by molar-refractivity contribution is -0.383. The molecule has 0 spiro atoms. The highest BCUT2D eigenvalue weighted by molar-refractivity contribution is 6.31. The molecule has 0 aliphatic rings. The van der Waals surface area contributed by atoms with Crippen LogP contribution >= 0.6 is 11.6 Å². The van der Waals surface area contributed by atoms with Gasteiger partial charge in [0.05, 0.1) is 35.4 Å². The number of hydrogen-bond donors (Lipinski definition) is 2. The summed E-state index contributed by atoms with van der Waals surface area (Å²) in [5, 5.41) is 16.6. The molecule has 2 N–H and O–H groups in total. The first-order chi connectivity index (χ1) is 15.1. The van der Waals surface area contributed by atoms with Crippen LogP contribution in [-0.2, 0) is 6.18 Å². The van der Waals surface area contributed by atoms with Crippen LogP contribution in [0.2, 0.25) is 5.02 Å². The van der Waals surface area contributed by atoms with Gasteiger partial charge in [-0.25, -0.2) is 9.97 Å². The lowest BCUT2D eigenvalue weighted by Gasteiger charge is -2.14. The molecule has 3 rings (SSSR count). The van der Waals surface area contributed by atoms with Crippen molar-refractivity contribution in [3.05, 3.63) is 63.4 Å². The summed E-state index contributed by atoms with van der Waals surface area (Å²) >= 11 is 5.62. The molecule has 0 unspecified atom stereocenters. The number of alkyl halides is 3. The molecule has 1 aromatic heterocycles. The molecule has 1 heterocycles. The molecule has 0 amide bonds. The van der Waals surface area contributed by atoms with Gasteiger partial charge in [-0.3, -0.25) is 10.1 Å². The van der Waals surface area contributed by atoms with Gasteiger partial charge in [0.15, 0.2) is 0 Å². The third kappa shape index (κ3) is 4.91. The van der Waals surface area contributed by atoms with E-state index in [0.717, 1.165) is 18.5 Å². The first-order valence-corrected chi connectivity index (χ1v) is 9.14. The Balaban J connectivity index is 2.01. The fourth-order valence-corrected chi connectivity index (χ4v) is 2.95. The minimum atomic E-state index is -4.70. The van der Waals surface area contributed by atoms with Gasteiger partial charge in [0.2, 0.25) is 11.6 Å². The Morgan fingerprint density at radius 3 is 2.31 bits per heavy atom. The highest BCUT2D eigenvalue weighted by atomic mass is 35.5. The molecule has 0 saturated heterocycles. The molecule has 0 bridgehead atoms. The van der Waals surface area contributed by atoms with E-state index in [2.05, 4.69) is 20.6 Å². The van der Waals surface area contributed by atoms with Crippen LogP contribution in [0.15, 0.2) is 42.7 Å². The zero-order valence-corrected chi connectivity index (χ0v) is 17.3. The van der Waals surface area contributed by atoms with Crippen molar-refractivity contribution in [2.45, 2.75) is 6.18 Å². The molecule has 3 aromatic rings. The van der Waals surface area contributed by atoms with Crippen LogP contribution in [-0.4, -0.2) is 29.1 Å². The summed E-state index contributed by atoms with van der Waals surface area (Å²) < 4.78 is 49.8. The number of aromatic nitrogens is 2. The van der Waals surface area contributed by atoms with Gasteiger partial charge in [-0.05, 0) is 30.3 Å². The van der Waals surface area contributed by atoms with E-state index >= 15 is 0 Å². The lowest BCUT2D eigenvalue weighted by Crippen LogP contribution is -2.08. The minimum absolute atomic E-state index is 0.100. The van der Waals surface area contributed by atoms with Gasteiger partial charge < -0.3 is 20.1 Å². The normalized spacial score (nSPS) is 11.1. The number of ether oxygens (including phenoxy) is 2. The Morgan fingerprint density at radius 2 is 1.72 bits per heavy atom. The highest BCUT2D eigenvalue weighted by Gasteiger charge is 2.33. The van der Waals surface area contributed by atoms with Gasteiger partial charge in [-0.2, -0.15) is 13.2 Å². The maximum atomic E-state index is 13.1. The average Bonchev–Trinajstić information content (AvgIpc) is 2.74. The molecule has 13 heteroatoms. The Kier molecular flexibility index (Phi) is 6.53. The Labute approximate surface area is 184 Å². The first kappa shape index (κ1) is 22.9. The molecular weight excluding hydrogens is 455 g/mol. The maximum Gasteiger partial charge on any atom is 0.417 e. The smallest absolute Gasteiger partial charge is 0.417 e. The number of nitrogens with one attached hydrogen (secondary N) is 2. The molecule has 32 heavy (non-hydrogen) atoms. The third-order valence-electron chi connectivity index (χ3n) is 4.20. The Hall–Kier alpha value is -3.80. The molecule has 0 aliphatic heterocycles. The monoisotopic (exact) mass is 469 g/mol. The van der Waals surface area contributed by atoms with E-state index < -0.39 is 27.4 Å². The summed E-state index contributed by atoms with van der Waals surface area (Å²) in [4.78, 5) is 18.7. The van der Waals surface area contributed by atoms with Crippen molar-refractivity contribution in [1.29, 1.82) is 0 Å². The fraction of sp³-hybridized carbons (Fsp3) is 0.158. The van der Waals surface area contributed by atoms with E-state index in [9.17, 15) is 23.3 Å². The number of benzene rings is 2. The van der Waals surface area contributed by atoms with Crippen molar-refractivity contribution in [2.75, 3.05) is 24.9 Å². The molecule has 0 fully saturated rings. The fourth-order valence-electron chi connectivity index (χ4n) is 2.72. The molecule has 0 atom stereocenters. The first-order valence-electron chi connectivity index (χ1n) is 8.76. The van der Waals surface area contributed by atoms with Crippen LogP contribution in [0.3, 0.4) is 0 Å². The van der Waals surface area contributed by atoms with Crippen molar-refractivity contribution in [3.63, 3.8) is 0 Å². The van der Waals surface area contributed by atoms with Crippen LogP contribution in [0.5, 0.6) is 11.5 Å². The number of hydrogen-bond acceptors (Lipinski definition) is 8. The van der Waals surface area contributed by atoms with Crippen LogP contribution < -0.4 is 20.1 Å². The summed E-state index contributed by atoms with van der Waals surface area (Å²) in [6, 6.07) is 7.72. The van der Waals surface area contributed by atoms with Crippen LogP contribution in [0.25, 0.3) is 0 Å². The van der Waals surface area contributed by atoms with Gasteiger partial charge in [0.1, 0.15) is 17.8 Å². The van der Waals surface area contributed by atoms with Crippen molar-refractivity contribution >= 4 is 40.3 Å². The number of halogens is 4. The minimum Gasteiger partial charge on any atom is -0.497 e. The summed E-state index contributed by atoms with van der Waals surface area (Å²) in [6.07, 6.45) is -3.68. The van der Waals surface area contributed by atoms with Crippen LogP contribution in [0, 0.1) is 10.1 Å². The van der Waals surface area contributed by atoms with E-state index in [-0.39, 0.29) is 17.3 Å². The zero-order chi connectivity index (χ0) is 23.5. The van der Waals surface area contributed by atoms with E-state index in [1.165, 1.54) is 20.3 Å². The molecule has 168 valence electrons. The second-order valence-corrected chi connectivity index (χ2v) is 6.59. The second kappa shape index (κ2) is 9.14. The topological polar surface area (TPSA) is 111 Å². The molecular formula is C19H15ClF3N5O4. The molecule has 0 aliphatic carbocycles. The summed E-state index contributed by atoms with van der Waals surface area (Å²) in [5.41, 5.74) is -1.44. The van der Waals surface area contributed by atoms with Crippen molar-refractivity contribution in [2.24, 2.45) is 0 Å². The van der Waals surface area contributed by atoms with E-state index in [1.807, 2.05) is 0 Å². The number of nitro groups is 1. The zero-order valence-electron chi connectivity index (χ0n) is 16.5. The van der Waals surface area contributed by atoms with Gasteiger partial charge in [-0.1, -0.05) is 11.6 Å². The largest absolute Gasteiger partial charge is 0.497 e.